The number of anilines is 2. The summed E-state index contributed by atoms with van der Waals surface area (Å²) in [6, 6.07) is 14.0. The molecule has 27 heavy (non-hydrogen) atoms. The molecule has 0 aliphatic carbocycles. The molecular weight excluding hydrogens is 469 g/mol. The lowest BCUT2D eigenvalue weighted by Gasteiger charge is -2.20. The van der Waals surface area contributed by atoms with Crippen molar-refractivity contribution in [1.29, 1.82) is 0 Å². The molecule has 0 radical (unpaired) electrons. The maximum absolute atomic E-state index is 10.3. The molecule has 140 valence electrons. The van der Waals surface area contributed by atoms with Crippen molar-refractivity contribution < 1.29 is 5.11 Å². The van der Waals surface area contributed by atoms with Gasteiger partial charge in [-0.3, -0.25) is 9.88 Å². The van der Waals surface area contributed by atoms with Crippen LogP contribution < -0.4 is 5.32 Å². The largest absolute Gasteiger partial charge is 0.508 e. The Morgan fingerprint density at radius 2 is 2.04 bits per heavy atom. The fourth-order valence-electron chi connectivity index (χ4n) is 3.37. The van der Waals surface area contributed by atoms with Gasteiger partial charge in [-0.1, -0.05) is 0 Å². The first-order chi connectivity index (χ1) is 13.2. The third-order valence-electron chi connectivity index (χ3n) is 4.77. The summed E-state index contributed by atoms with van der Waals surface area (Å²) in [7, 11) is 0. The standard InChI is InChI=1S/C21H22IN3OS/c22-16-2-4-18-19(6-7-23-20(18)13-16)24-17-3-5-21(26)15(12-17)14-25-8-1-10-27-11-9-25/h2-7,12-13,26H,1,8-11,14H2,(H,23,24). The minimum Gasteiger partial charge on any atom is -0.508 e. The maximum atomic E-state index is 10.3. The number of hydrogen-bond donors (Lipinski definition) is 2. The first-order valence-corrected chi connectivity index (χ1v) is 11.4. The molecule has 0 unspecified atom stereocenters. The van der Waals surface area contributed by atoms with E-state index >= 15 is 0 Å². The Morgan fingerprint density at radius 1 is 1.11 bits per heavy atom. The normalized spacial score (nSPS) is 15.6. The average Bonchev–Trinajstić information content (AvgIpc) is 2.93. The molecule has 2 aromatic carbocycles. The van der Waals surface area contributed by atoms with Crippen LogP contribution in [0, 0.1) is 3.57 Å². The zero-order valence-electron chi connectivity index (χ0n) is 15.0. The highest BCUT2D eigenvalue weighted by Crippen LogP contribution is 2.29. The fraction of sp³-hybridized carbons (Fsp3) is 0.286. The first kappa shape index (κ1) is 18.8. The van der Waals surface area contributed by atoms with Gasteiger partial charge in [-0.15, -0.1) is 0 Å². The van der Waals surface area contributed by atoms with Crippen LogP contribution in [0.5, 0.6) is 5.75 Å². The van der Waals surface area contributed by atoms with Crippen LogP contribution in [0.2, 0.25) is 0 Å². The number of hydrogen-bond acceptors (Lipinski definition) is 5. The van der Waals surface area contributed by atoms with Crippen molar-refractivity contribution in [3.05, 3.63) is 57.8 Å². The van der Waals surface area contributed by atoms with Gasteiger partial charge in [-0.05, 0) is 83.8 Å². The molecule has 0 spiro atoms. The number of thioether (sulfide) groups is 1. The topological polar surface area (TPSA) is 48.4 Å². The van der Waals surface area contributed by atoms with Crippen LogP contribution in [-0.4, -0.2) is 39.6 Å². The molecule has 0 bridgehead atoms. The van der Waals surface area contributed by atoms with Gasteiger partial charge in [0.2, 0.25) is 0 Å². The van der Waals surface area contributed by atoms with Gasteiger partial charge in [0.1, 0.15) is 5.75 Å². The lowest BCUT2D eigenvalue weighted by molar-refractivity contribution is 0.283. The molecular formula is C21H22IN3OS. The number of halogens is 1. The summed E-state index contributed by atoms with van der Waals surface area (Å²) < 4.78 is 1.17. The number of fused-ring (bicyclic) bond motifs is 1. The number of rotatable bonds is 4. The summed E-state index contributed by atoms with van der Waals surface area (Å²) in [6.07, 6.45) is 3.04. The highest BCUT2D eigenvalue weighted by Gasteiger charge is 2.13. The fourth-order valence-corrected chi connectivity index (χ4v) is 4.77. The van der Waals surface area contributed by atoms with Gasteiger partial charge in [0.15, 0.2) is 0 Å². The van der Waals surface area contributed by atoms with Gasteiger partial charge >= 0.3 is 0 Å². The summed E-state index contributed by atoms with van der Waals surface area (Å²) in [5, 5.41) is 14.9. The molecule has 3 aromatic rings. The number of phenolic OH excluding ortho intramolecular Hbond substituents is 1. The number of aromatic nitrogens is 1. The van der Waals surface area contributed by atoms with Crippen molar-refractivity contribution in [2.75, 3.05) is 29.9 Å². The van der Waals surface area contributed by atoms with E-state index in [0.717, 1.165) is 47.5 Å². The summed E-state index contributed by atoms with van der Waals surface area (Å²) in [5.41, 5.74) is 3.96. The van der Waals surface area contributed by atoms with E-state index in [0.29, 0.717) is 5.75 Å². The predicted molar refractivity (Wildman–Crippen MR) is 123 cm³/mol. The predicted octanol–water partition coefficient (Wildman–Crippen LogP) is 5.23. The average molecular weight is 491 g/mol. The van der Waals surface area contributed by atoms with Crippen LogP contribution in [0.3, 0.4) is 0 Å². The number of phenols is 1. The van der Waals surface area contributed by atoms with Crippen LogP contribution in [0.1, 0.15) is 12.0 Å². The van der Waals surface area contributed by atoms with E-state index < -0.39 is 0 Å². The highest BCUT2D eigenvalue weighted by atomic mass is 127. The molecule has 0 amide bonds. The smallest absolute Gasteiger partial charge is 0.120 e. The molecule has 4 nitrogen and oxygen atoms in total. The number of nitrogens with one attached hydrogen (secondary N) is 1. The second-order valence-electron chi connectivity index (χ2n) is 6.73. The van der Waals surface area contributed by atoms with Crippen LogP contribution in [0.25, 0.3) is 10.9 Å². The van der Waals surface area contributed by atoms with E-state index in [1.54, 1.807) is 6.07 Å². The zero-order valence-corrected chi connectivity index (χ0v) is 18.0. The SMILES string of the molecule is Oc1ccc(Nc2ccnc3cc(I)ccc23)cc1CN1CCCSCC1. The van der Waals surface area contributed by atoms with Crippen molar-refractivity contribution in [2.24, 2.45) is 0 Å². The minimum atomic E-state index is 0.367. The molecule has 0 atom stereocenters. The molecule has 1 saturated heterocycles. The number of pyridine rings is 1. The molecule has 2 heterocycles. The van der Waals surface area contributed by atoms with Crippen molar-refractivity contribution >= 4 is 56.6 Å². The number of benzene rings is 2. The van der Waals surface area contributed by atoms with Gasteiger partial charge in [0.05, 0.1) is 5.52 Å². The lowest BCUT2D eigenvalue weighted by Crippen LogP contribution is -2.25. The Labute approximate surface area is 177 Å². The van der Waals surface area contributed by atoms with E-state index in [-0.39, 0.29) is 0 Å². The second kappa shape index (κ2) is 8.67. The van der Waals surface area contributed by atoms with Crippen molar-refractivity contribution in [2.45, 2.75) is 13.0 Å². The van der Waals surface area contributed by atoms with E-state index in [2.05, 4.69) is 62.1 Å². The highest BCUT2D eigenvalue weighted by molar-refractivity contribution is 14.1. The van der Waals surface area contributed by atoms with Gasteiger partial charge in [-0.25, -0.2) is 0 Å². The quantitative estimate of drug-likeness (QED) is 0.387. The zero-order chi connectivity index (χ0) is 18.6. The van der Waals surface area contributed by atoms with E-state index in [9.17, 15) is 5.11 Å². The van der Waals surface area contributed by atoms with Gasteiger partial charge in [-0.2, -0.15) is 11.8 Å². The maximum Gasteiger partial charge on any atom is 0.120 e. The Kier molecular flexibility index (Phi) is 6.04. The Balaban J connectivity index is 1.58. The Bertz CT molecular complexity index is 942. The van der Waals surface area contributed by atoms with E-state index in [1.165, 1.54) is 21.5 Å². The van der Waals surface area contributed by atoms with E-state index in [4.69, 9.17) is 0 Å². The van der Waals surface area contributed by atoms with Crippen LogP contribution in [0.15, 0.2) is 48.7 Å². The second-order valence-corrected chi connectivity index (χ2v) is 9.20. The molecule has 6 heteroatoms. The van der Waals surface area contributed by atoms with Crippen LogP contribution >= 0.6 is 34.4 Å². The monoisotopic (exact) mass is 491 g/mol. The molecule has 1 aliphatic heterocycles. The Morgan fingerprint density at radius 3 is 2.96 bits per heavy atom. The summed E-state index contributed by atoms with van der Waals surface area (Å²) in [5.74, 6) is 2.77. The first-order valence-electron chi connectivity index (χ1n) is 9.12. The van der Waals surface area contributed by atoms with Crippen molar-refractivity contribution in [3.8, 4) is 5.75 Å². The van der Waals surface area contributed by atoms with E-state index in [1.807, 2.05) is 30.1 Å². The van der Waals surface area contributed by atoms with Gasteiger partial charge < -0.3 is 10.4 Å². The van der Waals surface area contributed by atoms with Gasteiger partial charge in [0, 0.05) is 50.9 Å². The van der Waals surface area contributed by atoms with Crippen LogP contribution in [-0.2, 0) is 6.54 Å². The van der Waals surface area contributed by atoms with Crippen LogP contribution in [0.4, 0.5) is 11.4 Å². The molecule has 4 rings (SSSR count). The third-order valence-corrected chi connectivity index (χ3v) is 6.49. The molecule has 1 fully saturated rings. The minimum absolute atomic E-state index is 0.367. The Hall–Kier alpha value is -1.51. The molecule has 1 aliphatic rings. The lowest BCUT2D eigenvalue weighted by atomic mass is 10.1. The summed E-state index contributed by atoms with van der Waals surface area (Å²) in [4.78, 5) is 6.90. The van der Waals surface area contributed by atoms with Crippen molar-refractivity contribution in [3.63, 3.8) is 0 Å². The summed E-state index contributed by atoms with van der Waals surface area (Å²) >= 11 is 4.32. The summed E-state index contributed by atoms with van der Waals surface area (Å²) in [6.45, 7) is 2.96. The third kappa shape index (κ3) is 4.67. The number of nitrogens with zero attached hydrogens (tertiary/aromatic N) is 2. The van der Waals surface area contributed by atoms with Crippen molar-refractivity contribution in [1.82, 2.24) is 9.88 Å². The van der Waals surface area contributed by atoms with Gasteiger partial charge in [0.25, 0.3) is 0 Å². The molecule has 2 N–H and O–H groups in total. The molecule has 0 saturated carbocycles. The number of aromatic hydroxyl groups is 1. The molecule has 1 aromatic heterocycles.